The van der Waals surface area contributed by atoms with E-state index in [9.17, 15) is 10.0 Å². The predicted molar refractivity (Wildman–Crippen MR) is 104 cm³/mol. The topological polar surface area (TPSA) is 81.2 Å². The van der Waals surface area contributed by atoms with Crippen molar-refractivity contribution in [1.82, 2.24) is 0 Å². The molecule has 1 aliphatic heterocycles. The van der Waals surface area contributed by atoms with Crippen molar-refractivity contribution in [3.8, 4) is 0 Å². The average molecular weight is 355 g/mol. The summed E-state index contributed by atoms with van der Waals surface area (Å²) >= 11 is 0. The number of hydrogen-bond acceptors (Lipinski definition) is 4. The molecule has 26 heavy (non-hydrogen) atoms. The van der Waals surface area contributed by atoms with Gasteiger partial charge in [-0.3, -0.25) is 4.79 Å². The first kappa shape index (κ1) is 18.2. The summed E-state index contributed by atoms with van der Waals surface area (Å²) in [4.78, 5) is 13.8. The van der Waals surface area contributed by atoms with Crippen molar-refractivity contribution in [3.05, 3.63) is 48.0 Å². The van der Waals surface area contributed by atoms with Crippen LogP contribution in [0.4, 0.5) is 22.7 Å². The van der Waals surface area contributed by atoms with E-state index in [0.29, 0.717) is 6.04 Å². The molecular weight excluding hydrogens is 328 g/mol. The largest absolute Gasteiger partial charge is 0.377 e. The summed E-state index contributed by atoms with van der Waals surface area (Å²) < 4.78 is 0. The van der Waals surface area contributed by atoms with Crippen LogP contribution in [0.25, 0.3) is 0 Å². The minimum absolute atomic E-state index is 0.0523. The van der Waals surface area contributed by atoms with Crippen LogP contribution in [0.2, 0.25) is 0 Å². The van der Waals surface area contributed by atoms with Crippen LogP contribution >= 0.6 is 0 Å². The summed E-state index contributed by atoms with van der Waals surface area (Å²) in [7, 11) is 0. The Morgan fingerprint density at radius 2 is 1.88 bits per heavy atom. The summed E-state index contributed by atoms with van der Waals surface area (Å²) in [6, 6.07) is 14.3. The normalized spacial score (nSPS) is 15.0. The van der Waals surface area contributed by atoms with E-state index in [-0.39, 0.29) is 5.91 Å². The molecule has 0 atom stereocenters. The van der Waals surface area contributed by atoms with Gasteiger partial charge >= 0.3 is 0 Å². The van der Waals surface area contributed by atoms with E-state index in [1.807, 2.05) is 36.4 Å². The fourth-order valence-electron chi connectivity index (χ4n) is 3.42. The van der Waals surface area contributed by atoms with Crippen LogP contribution in [-0.4, -0.2) is 30.2 Å². The number of hydrogen-bond donors (Lipinski definition) is 4. The minimum Gasteiger partial charge on any atom is -0.377 e. The Bertz CT molecular complexity index is 770. The third-order valence-electron chi connectivity index (χ3n) is 4.76. The molecule has 0 radical (unpaired) electrons. The lowest BCUT2D eigenvalue weighted by Gasteiger charge is -2.35. The highest BCUT2D eigenvalue weighted by molar-refractivity contribution is 5.93. The van der Waals surface area contributed by atoms with E-state index in [4.69, 9.17) is 0 Å². The fraction of sp³-hybridized carbons (Fsp3) is 0.350. The molecule has 1 fully saturated rings. The first-order valence-corrected chi connectivity index (χ1v) is 9.03. The number of quaternary nitrogens is 1. The summed E-state index contributed by atoms with van der Waals surface area (Å²) in [6.07, 6.45) is 1.99. The zero-order valence-electron chi connectivity index (χ0n) is 15.3. The lowest BCUT2D eigenvalue weighted by atomic mass is 10.0. The predicted octanol–water partition coefficient (Wildman–Crippen LogP) is 2.62. The van der Waals surface area contributed by atoms with Crippen molar-refractivity contribution in [2.45, 2.75) is 32.7 Å². The van der Waals surface area contributed by atoms with E-state index in [2.05, 4.69) is 28.5 Å². The molecule has 2 aromatic carbocycles. The Morgan fingerprint density at radius 1 is 1.15 bits per heavy atom. The molecule has 3 rings (SSSR count). The first-order valence-electron chi connectivity index (χ1n) is 9.03. The van der Waals surface area contributed by atoms with Gasteiger partial charge in [0.2, 0.25) is 5.91 Å². The fourth-order valence-corrected chi connectivity index (χ4v) is 3.42. The van der Waals surface area contributed by atoms with Gasteiger partial charge in [-0.1, -0.05) is 18.2 Å². The van der Waals surface area contributed by atoms with Crippen molar-refractivity contribution < 1.29 is 15.5 Å². The van der Waals surface area contributed by atoms with Gasteiger partial charge in [0, 0.05) is 32.1 Å². The molecule has 0 aliphatic carbocycles. The number of nitrogens with two attached hydrogens (primary N) is 1. The van der Waals surface area contributed by atoms with Crippen molar-refractivity contribution >= 4 is 28.7 Å². The van der Waals surface area contributed by atoms with E-state index < -0.39 is 0 Å². The average Bonchev–Trinajstić information content (AvgIpc) is 2.64. The van der Waals surface area contributed by atoms with Gasteiger partial charge in [0.1, 0.15) is 0 Å². The van der Waals surface area contributed by atoms with E-state index in [1.54, 1.807) is 0 Å². The van der Waals surface area contributed by atoms with E-state index in [1.165, 1.54) is 12.5 Å². The number of nitrogens with zero attached hydrogens (tertiary/aromatic N) is 1. The van der Waals surface area contributed by atoms with Gasteiger partial charge in [0.05, 0.1) is 17.1 Å². The molecule has 0 bridgehead atoms. The molecule has 1 heterocycles. The van der Waals surface area contributed by atoms with Gasteiger partial charge in [-0.05, 0) is 43.5 Å². The molecule has 1 amide bonds. The Morgan fingerprint density at radius 3 is 2.58 bits per heavy atom. The SMILES string of the molecule is CC(=O)Nc1ccc(C)cc1N1CCC(Nc2ccccc2[NH2+]O)CC1. The molecule has 1 aliphatic rings. The third-order valence-corrected chi connectivity index (χ3v) is 4.76. The molecular formula is C20H27N4O2+. The molecule has 0 unspecified atom stereocenters. The van der Waals surface area contributed by atoms with E-state index in [0.717, 1.165) is 54.2 Å². The van der Waals surface area contributed by atoms with Crippen molar-refractivity contribution in [2.24, 2.45) is 0 Å². The number of amides is 1. The monoisotopic (exact) mass is 355 g/mol. The van der Waals surface area contributed by atoms with Crippen LogP contribution in [0.15, 0.2) is 42.5 Å². The number of nitrogens with one attached hydrogen (secondary N) is 2. The van der Waals surface area contributed by atoms with Crippen LogP contribution in [0, 0.1) is 6.92 Å². The number of piperidine rings is 1. The molecule has 0 saturated carbocycles. The minimum atomic E-state index is -0.0523. The molecule has 2 aromatic rings. The Labute approximate surface area is 154 Å². The zero-order valence-corrected chi connectivity index (χ0v) is 15.3. The quantitative estimate of drug-likeness (QED) is 0.491. The lowest BCUT2D eigenvalue weighted by Crippen LogP contribution is -2.74. The maximum Gasteiger partial charge on any atom is 0.221 e. The van der Waals surface area contributed by atoms with Crippen molar-refractivity contribution in [2.75, 3.05) is 28.6 Å². The number of para-hydroxylation sites is 2. The van der Waals surface area contributed by atoms with Crippen molar-refractivity contribution in [3.63, 3.8) is 0 Å². The van der Waals surface area contributed by atoms with Gasteiger partial charge in [-0.25, -0.2) is 5.21 Å². The highest BCUT2D eigenvalue weighted by Gasteiger charge is 2.22. The number of aryl methyl sites for hydroxylation is 1. The van der Waals surface area contributed by atoms with Gasteiger partial charge in [-0.2, -0.15) is 5.48 Å². The van der Waals surface area contributed by atoms with E-state index >= 15 is 0 Å². The molecule has 5 N–H and O–H groups in total. The van der Waals surface area contributed by atoms with Crippen LogP contribution in [0.5, 0.6) is 0 Å². The smallest absolute Gasteiger partial charge is 0.221 e. The highest BCUT2D eigenvalue weighted by atomic mass is 16.5. The van der Waals surface area contributed by atoms with Gasteiger partial charge < -0.3 is 15.5 Å². The third kappa shape index (κ3) is 4.33. The maximum absolute atomic E-state index is 11.5. The molecule has 1 saturated heterocycles. The zero-order chi connectivity index (χ0) is 18.5. The molecule has 138 valence electrons. The Kier molecular flexibility index (Phi) is 5.75. The van der Waals surface area contributed by atoms with Gasteiger partial charge in [-0.15, -0.1) is 0 Å². The Hall–Kier alpha value is -2.57. The maximum atomic E-state index is 11.5. The number of carbonyl (C=O) groups excluding carboxylic acids is 1. The van der Waals surface area contributed by atoms with Gasteiger partial charge in [0.15, 0.2) is 5.69 Å². The summed E-state index contributed by atoms with van der Waals surface area (Å²) in [6.45, 7) is 5.44. The van der Waals surface area contributed by atoms with Crippen LogP contribution in [0.3, 0.4) is 0 Å². The Balaban J connectivity index is 1.67. The first-order chi connectivity index (χ1) is 12.6. The van der Waals surface area contributed by atoms with Crippen LogP contribution in [0.1, 0.15) is 25.3 Å². The number of rotatable bonds is 5. The summed E-state index contributed by atoms with van der Waals surface area (Å²) in [5.41, 5.74) is 6.05. The number of anilines is 3. The molecule has 6 heteroatoms. The highest BCUT2D eigenvalue weighted by Crippen LogP contribution is 2.30. The van der Waals surface area contributed by atoms with Crippen LogP contribution < -0.4 is 21.0 Å². The summed E-state index contributed by atoms with van der Waals surface area (Å²) in [5.74, 6) is -0.0523. The second-order valence-electron chi connectivity index (χ2n) is 6.82. The second-order valence-corrected chi connectivity index (χ2v) is 6.82. The molecule has 0 spiro atoms. The standard InChI is InChI=1S/C20H26N4O2/c1-14-7-8-19(21-15(2)25)20(13-14)24-11-9-16(10-12-24)22-17-5-3-4-6-18(17)23-26/h3-8,13,16,22-23,26H,9-12H2,1-2H3,(H,21,25)/p+1. The lowest BCUT2D eigenvalue weighted by molar-refractivity contribution is -0.825. The van der Waals surface area contributed by atoms with Crippen molar-refractivity contribution in [1.29, 1.82) is 0 Å². The molecule has 6 nitrogen and oxygen atoms in total. The number of benzene rings is 2. The second kappa shape index (κ2) is 8.21. The van der Waals surface area contributed by atoms with Crippen LogP contribution in [-0.2, 0) is 4.79 Å². The number of carbonyl (C=O) groups is 1. The summed E-state index contributed by atoms with van der Waals surface area (Å²) in [5, 5.41) is 15.8. The van der Waals surface area contributed by atoms with Gasteiger partial charge in [0.25, 0.3) is 0 Å². The molecule has 0 aromatic heterocycles.